The molecule has 0 aromatic heterocycles. The van der Waals surface area contributed by atoms with E-state index in [1.807, 2.05) is 26.8 Å². The van der Waals surface area contributed by atoms with E-state index < -0.39 is 0 Å². The summed E-state index contributed by atoms with van der Waals surface area (Å²) < 4.78 is 17.2. The number of hydrogen-bond acceptors (Lipinski definition) is 7. The summed E-state index contributed by atoms with van der Waals surface area (Å²) in [6, 6.07) is 0. The van der Waals surface area contributed by atoms with Gasteiger partial charge < -0.3 is 24.2 Å². The molecule has 0 amide bonds. The fraction of sp³-hybridized carbons (Fsp3) is 0.545. The maximum atomic E-state index is 9.73. The van der Waals surface area contributed by atoms with Crippen molar-refractivity contribution < 1.29 is 19.3 Å². The summed E-state index contributed by atoms with van der Waals surface area (Å²) in [5.74, 6) is 1.61. The molecule has 0 aromatic carbocycles. The van der Waals surface area contributed by atoms with Crippen molar-refractivity contribution in [3.8, 4) is 0 Å². The van der Waals surface area contributed by atoms with Crippen molar-refractivity contribution in [3.63, 3.8) is 0 Å². The molecule has 0 aromatic rings. The average molecular weight is 427 g/mol. The van der Waals surface area contributed by atoms with Gasteiger partial charge in [0.15, 0.2) is 0 Å². The molecule has 0 unspecified atom stereocenters. The van der Waals surface area contributed by atoms with Gasteiger partial charge in [-0.15, -0.1) is 0 Å². The van der Waals surface area contributed by atoms with Crippen molar-refractivity contribution in [2.24, 2.45) is 5.14 Å². The fourth-order valence-electron chi connectivity index (χ4n) is 2.39. The highest BCUT2D eigenvalue weighted by atomic mass is 32.2. The zero-order valence-corrected chi connectivity index (χ0v) is 19.0. The molecule has 166 valence electrons. The van der Waals surface area contributed by atoms with Gasteiger partial charge >= 0.3 is 0 Å². The van der Waals surface area contributed by atoms with E-state index >= 15 is 0 Å². The van der Waals surface area contributed by atoms with Crippen LogP contribution in [0.4, 0.5) is 0 Å². The third-order valence-corrected chi connectivity index (χ3v) is 4.36. The number of aliphatic hydroxyl groups excluding tert-OH is 1. The van der Waals surface area contributed by atoms with Crippen LogP contribution in [0, 0.1) is 0 Å². The zero-order valence-electron chi connectivity index (χ0n) is 18.2. The van der Waals surface area contributed by atoms with Crippen LogP contribution in [0.3, 0.4) is 0 Å². The molecular formula is C22H38N2O4S. The Labute approximate surface area is 180 Å². The molecule has 29 heavy (non-hydrogen) atoms. The Balaban J connectivity index is 6.07. The highest BCUT2D eigenvalue weighted by Crippen LogP contribution is 2.22. The van der Waals surface area contributed by atoms with Gasteiger partial charge in [0.25, 0.3) is 0 Å². The second-order valence-corrected chi connectivity index (χ2v) is 6.60. The average Bonchev–Trinajstić information content (AvgIpc) is 2.72. The highest BCUT2D eigenvalue weighted by molar-refractivity contribution is 7.97. The molecule has 0 heterocycles. The maximum absolute atomic E-state index is 9.73. The van der Waals surface area contributed by atoms with Gasteiger partial charge in [-0.3, -0.25) is 5.14 Å². The quantitative estimate of drug-likeness (QED) is 0.149. The van der Waals surface area contributed by atoms with Crippen LogP contribution >= 0.6 is 11.9 Å². The minimum atomic E-state index is -0.0227. The lowest BCUT2D eigenvalue weighted by Gasteiger charge is -2.28. The summed E-state index contributed by atoms with van der Waals surface area (Å²) in [6.07, 6.45) is 7.86. The first-order valence-electron chi connectivity index (χ1n) is 9.99. The van der Waals surface area contributed by atoms with Crippen LogP contribution in [0.1, 0.15) is 27.2 Å². The Hall–Kier alpha value is -1.51. The van der Waals surface area contributed by atoms with E-state index in [0.717, 1.165) is 17.7 Å². The van der Waals surface area contributed by atoms with Crippen molar-refractivity contribution in [2.45, 2.75) is 27.2 Å². The Morgan fingerprint density at radius 1 is 1.14 bits per heavy atom. The minimum Gasteiger partial charge on any atom is -0.459 e. The summed E-state index contributed by atoms with van der Waals surface area (Å²) in [4.78, 5) is 2.15. The predicted molar refractivity (Wildman–Crippen MR) is 123 cm³/mol. The Morgan fingerprint density at radius 2 is 1.76 bits per heavy atom. The van der Waals surface area contributed by atoms with Crippen molar-refractivity contribution in [1.29, 1.82) is 0 Å². The molecule has 6 nitrogen and oxygen atoms in total. The molecule has 7 heteroatoms. The molecule has 0 saturated carbocycles. The number of nitrogens with two attached hydrogens (primary N) is 1. The predicted octanol–water partition coefficient (Wildman–Crippen LogP) is 3.78. The summed E-state index contributed by atoms with van der Waals surface area (Å²) in [7, 11) is 0. The monoisotopic (exact) mass is 426 g/mol. The highest BCUT2D eigenvalue weighted by Gasteiger charge is 2.16. The van der Waals surface area contributed by atoms with Gasteiger partial charge in [0.1, 0.15) is 11.5 Å². The van der Waals surface area contributed by atoms with Crippen LogP contribution < -0.4 is 5.14 Å². The lowest BCUT2D eigenvalue weighted by molar-refractivity contribution is 0.0952. The van der Waals surface area contributed by atoms with Gasteiger partial charge in [-0.2, -0.15) is 0 Å². The molecular weight excluding hydrogens is 388 g/mol. The van der Waals surface area contributed by atoms with Crippen LogP contribution in [0.2, 0.25) is 0 Å². The lowest BCUT2D eigenvalue weighted by Crippen LogP contribution is -2.32. The van der Waals surface area contributed by atoms with Gasteiger partial charge in [0.2, 0.25) is 0 Å². The van der Waals surface area contributed by atoms with Crippen LogP contribution in [-0.4, -0.2) is 61.9 Å². The van der Waals surface area contributed by atoms with Gasteiger partial charge in [-0.05, 0) is 38.0 Å². The van der Waals surface area contributed by atoms with E-state index in [2.05, 4.69) is 18.1 Å². The summed E-state index contributed by atoms with van der Waals surface area (Å²) >= 11 is 1.17. The summed E-state index contributed by atoms with van der Waals surface area (Å²) in [6.45, 7) is 17.3. The van der Waals surface area contributed by atoms with Crippen LogP contribution in [-0.2, 0) is 14.2 Å². The smallest absolute Gasteiger partial charge is 0.138 e. The normalized spacial score (nSPS) is 12.8. The maximum Gasteiger partial charge on any atom is 0.138 e. The molecule has 0 aliphatic heterocycles. The van der Waals surface area contributed by atoms with Crippen molar-refractivity contribution in [2.75, 3.05) is 51.9 Å². The topological polar surface area (TPSA) is 77.2 Å². The Bertz CT molecular complexity index is 543. The molecule has 0 fully saturated rings. The first kappa shape index (κ1) is 27.5. The van der Waals surface area contributed by atoms with E-state index in [1.165, 1.54) is 11.9 Å². The van der Waals surface area contributed by atoms with Crippen LogP contribution in [0.15, 0.2) is 60.3 Å². The van der Waals surface area contributed by atoms with Gasteiger partial charge in [0, 0.05) is 26.3 Å². The number of nitrogens with zero attached hydrogens (tertiary/aromatic N) is 1. The number of allylic oxidation sites excluding steroid dienone is 4. The van der Waals surface area contributed by atoms with Gasteiger partial charge in [-0.1, -0.05) is 44.2 Å². The van der Waals surface area contributed by atoms with Gasteiger partial charge in [-0.25, -0.2) is 0 Å². The zero-order chi connectivity index (χ0) is 21.9. The van der Waals surface area contributed by atoms with E-state index in [4.69, 9.17) is 19.3 Å². The van der Waals surface area contributed by atoms with Crippen LogP contribution in [0.5, 0.6) is 0 Å². The summed E-state index contributed by atoms with van der Waals surface area (Å²) in [5, 5.41) is 15.5. The second-order valence-electron chi connectivity index (χ2n) is 5.98. The molecule has 0 atom stereocenters. The van der Waals surface area contributed by atoms with Crippen molar-refractivity contribution >= 4 is 11.9 Å². The molecule has 0 aliphatic rings. The minimum absolute atomic E-state index is 0.0227. The molecule has 0 aliphatic carbocycles. The molecule has 0 spiro atoms. The number of rotatable bonds is 18. The fourth-order valence-corrected chi connectivity index (χ4v) is 2.75. The molecule has 0 saturated heterocycles. The lowest BCUT2D eigenvalue weighted by atomic mass is 10.1. The van der Waals surface area contributed by atoms with Crippen LogP contribution in [0.25, 0.3) is 0 Å². The number of aliphatic hydroxyl groups is 1. The van der Waals surface area contributed by atoms with Crippen molar-refractivity contribution in [1.82, 2.24) is 4.90 Å². The van der Waals surface area contributed by atoms with E-state index in [1.54, 1.807) is 18.2 Å². The third kappa shape index (κ3) is 12.6. The van der Waals surface area contributed by atoms with E-state index in [9.17, 15) is 5.11 Å². The number of hydrogen-bond donors (Lipinski definition) is 2. The second kappa shape index (κ2) is 18.5. The number of ether oxygens (including phenoxy) is 3. The van der Waals surface area contributed by atoms with Gasteiger partial charge in [0.05, 0.1) is 31.3 Å². The van der Waals surface area contributed by atoms with E-state index in [-0.39, 0.29) is 6.61 Å². The molecule has 0 rings (SSSR count). The summed E-state index contributed by atoms with van der Waals surface area (Å²) in [5.41, 5.74) is 1.74. The third-order valence-electron chi connectivity index (χ3n) is 3.93. The standard InChI is InChI=1S/C22H38N2O4S/c1-6-10-11-19(5)28-22(18-29-23)21(16-20(7-2)17-25)24(12-14-26-8-3)13-15-27-9-4/h6,10-11,16,25H,1,5,7-9,12-15,17-18,23H2,2-4H3/b11-10-,20-16+,22-21-. The Kier molecular flexibility index (Phi) is 17.6. The molecule has 0 radical (unpaired) electrons. The first-order valence-corrected chi connectivity index (χ1v) is 11.0. The molecule has 0 bridgehead atoms. The largest absolute Gasteiger partial charge is 0.459 e. The first-order chi connectivity index (χ1) is 14.1. The SMILES string of the molecule is C=C/C=C\C(=C)O/C(CSN)=C(/C=C(\CC)CO)N(CCOCC)CCOCC. The van der Waals surface area contributed by atoms with Crippen molar-refractivity contribution in [3.05, 3.63) is 60.3 Å². The Morgan fingerprint density at radius 3 is 2.21 bits per heavy atom. The van der Waals surface area contributed by atoms with E-state index in [0.29, 0.717) is 56.8 Å². The molecule has 3 N–H and O–H groups in total.